The second-order valence-corrected chi connectivity index (χ2v) is 12.3. The Bertz CT molecular complexity index is 1810. The third-order valence-corrected chi connectivity index (χ3v) is 8.80. The molecular formula is C38H44ClFN4O7. The maximum atomic E-state index is 13.2. The van der Waals surface area contributed by atoms with Crippen LogP contribution < -0.4 is 24.8 Å². The summed E-state index contributed by atoms with van der Waals surface area (Å²) in [6, 6.07) is 15.2. The van der Waals surface area contributed by atoms with Crippen LogP contribution in [-0.2, 0) is 14.4 Å². The van der Waals surface area contributed by atoms with Gasteiger partial charge in [0.05, 0.1) is 24.3 Å². The summed E-state index contributed by atoms with van der Waals surface area (Å²) in [5.41, 5.74) is 0.154. The van der Waals surface area contributed by atoms with Gasteiger partial charge in [-0.25, -0.2) is 4.39 Å². The van der Waals surface area contributed by atoms with Crippen molar-refractivity contribution in [2.75, 3.05) is 44.0 Å². The van der Waals surface area contributed by atoms with E-state index >= 15 is 0 Å². The molecule has 4 aromatic rings. The molecular weight excluding hydrogens is 679 g/mol. The lowest BCUT2D eigenvalue weighted by Crippen LogP contribution is -2.35. The Labute approximate surface area is 302 Å². The third kappa shape index (κ3) is 10.5. The summed E-state index contributed by atoms with van der Waals surface area (Å²) in [5.74, 6) is -0.494. The van der Waals surface area contributed by atoms with Gasteiger partial charge in [0.1, 0.15) is 22.7 Å². The summed E-state index contributed by atoms with van der Waals surface area (Å²) < 4.78 is 30.6. The number of rotatable bonds is 16. The molecule has 0 spiro atoms. The van der Waals surface area contributed by atoms with E-state index in [0.717, 1.165) is 0 Å². The number of aliphatic carboxylic acids is 1. The molecule has 272 valence electrons. The van der Waals surface area contributed by atoms with Gasteiger partial charge in [0.25, 0.3) is 0 Å². The number of hydrogen-bond donors (Lipinski definition) is 3. The molecule has 0 atom stereocenters. The predicted molar refractivity (Wildman–Crippen MR) is 196 cm³/mol. The number of fused-ring (bicyclic) bond motifs is 1. The molecule has 5 rings (SSSR count). The molecule has 1 heterocycles. The molecule has 0 saturated heterocycles. The zero-order valence-electron chi connectivity index (χ0n) is 29.3. The molecule has 1 saturated carbocycles. The van der Waals surface area contributed by atoms with E-state index in [-0.39, 0.29) is 11.4 Å². The smallest absolute Gasteiger partial charge is 0.303 e. The van der Waals surface area contributed by atoms with Crippen molar-refractivity contribution in [1.29, 1.82) is 0 Å². The monoisotopic (exact) mass is 722 g/mol. The van der Waals surface area contributed by atoms with Crippen LogP contribution >= 0.6 is 11.6 Å². The molecule has 0 bridgehead atoms. The first kappa shape index (κ1) is 38.9. The van der Waals surface area contributed by atoms with Crippen molar-refractivity contribution in [3.63, 3.8) is 0 Å². The lowest BCUT2D eigenvalue weighted by molar-refractivity contribution is -0.137. The van der Waals surface area contributed by atoms with E-state index < -0.39 is 29.0 Å². The Morgan fingerprint density at radius 3 is 2.08 bits per heavy atom. The van der Waals surface area contributed by atoms with E-state index in [9.17, 15) is 18.8 Å². The first-order valence-electron chi connectivity index (χ1n) is 16.9. The molecule has 11 nitrogen and oxygen atoms in total. The molecule has 2 amide bonds. The normalized spacial score (nSPS) is 12.8. The van der Waals surface area contributed by atoms with Crippen LogP contribution in [0.15, 0.2) is 66.9 Å². The van der Waals surface area contributed by atoms with Crippen LogP contribution in [0.3, 0.4) is 0 Å². The van der Waals surface area contributed by atoms with Crippen LogP contribution in [0, 0.1) is 11.2 Å². The van der Waals surface area contributed by atoms with Gasteiger partial charge in [0.2, 0.25) is 11.8 Å². The molecule has 3 aromatic carbocycles. The number of nitrogens with one attached hydrogen (secondary N) is 2. The molecule has 3 N–H and O–H groups in total. The van der Waals surface area contributed by atoms with Gasteiger partial charge in [-0.1, -0.05) is 32.4 Å². The molecule has 51 heavy (non-hydrogen) atoms. The predicted octanol–water partition coefficient (Wildman–Crippen LogP) is 8.17. The highest BCUT2D eigenvalue weighted by atomic mass is 35.5. The number of carbonyl (C=O) groups is 3. The van der Waals surface area contributed by atoms with Gasteiger partial charge >= 0.3 is 5.97 Å². The Hall–Kier alpha value is -4.94. The van der Waals surface area contributed by atoms with Gasteiger partial charge in [0.15, 0.2) is 11.5 Å². The number of anilines is 2. The topological polar surface area (TPSA) is 139 Å². The Morgan fingerprint density at radius 1 is 0.863 bits per heavy atom. The number of carbonyl (C=O) groups excluding carboxylic acids is 2. The number of nitrogens with zero attached hydrogens (tertiary/aromatic N) is 2. The zero-order chi connectivity index (χ0) is 37.0. The van der Waals surface area contributed by atoms with E-state index in [1.54, 1.807) is 36.5 Å². The lowest BCUT2D eigenvalue weighted by Gasteiger charge is -2.17. The Kier molecular flexibility index (Phi) is 14.0. The first-order valence-corrected chi connectivity index (χ1v) is 17.3. The van der Waals surface area contributed by atoms with E-state index in [0.29, 0.717) is 77.6 Å². The highest BCUT2D eigenvalue weighted by Gasteiger charge is 2.56. The number of halogens is 2. The summed E-state index contributed by atoms with van der Waals surface area (Å²) in [4.78, 5) is 43.4. The standard InChI is InChI=1S/C32H29ClFN3O7.C6H15N/c1-42-27-17-22-24(18-28(27)43-15-3-2-4-29(38)39)35-14-11-25(22)44-26-10-9-21(16-23(26)33)37-31(41)32(12-13-32)30(40)36-20-7-5-19(34)6-8-20;1-4-7(5-2)6-3/h5-11,14,16-18H,2-4,12-13,15H2,1H3,(H,36,40)(H,37,41)(H,38,39);4-6H2,1-3H3. The van der Waals surface area contributed by atoms with Crippen molar-refractivity contribution in [2.24, 2.45) is 5.41 Å². The van der Waals surface area contributed by atoms with Gasteiger partial charge in [-0.15, -0.1) is 0 Å². The minimum atomic E-state index is -1.22. The minimum absolute atomic E-state index is 0.0766. The average molecular weight is 723 g/mol. The molecule has 1 aromatic heterocycles. The SMILES string of the molecule is CCN(CC)CC.COc1cc2c(Oc3ccc(NC(=O)C4(C(=O)Nc5ccc(F)cc5)CC4)cc3Cl)ccnc2cc1OCCCCC(=O)O. The summed E-state index contributed by atoms with van der Waals surface area (Å²) in [6.45, 7) is 10.4. The van der Waals surface area contributed by atoms with Crippen LogP contribution in [0.5, 0.6) is 23.0 Å². The molecule has 0 unspecified atom stereocenters. The highest BCUT2D eigenvalue weighted by molar-refractivity contribution is 6.32. The number of aromatic nitrogens is 1. The molecule has 1 aliphatic rings. The van der Waals surface area contributed by atoms with Crippen molar-refractivity contribution < 1.29 is 38.1 Å². The fourth-order valence-corrected chi connectivity index (χ4v) is 5.44. The summed E-state index contributed by atoms with van der Waals surface area (Å²) in [7, 11) is 1.51. The van der Waals surface area contributed by atoms with Crippen LogP contribution in [-0.4, -0.2) is 66.1 Å². The zero-order valence-corrected chi connectivity index (χ0v) is 30.0. The molecule has 0 radical (unpaired) electrons. The number of hydrogen-bond acceptors (Lipinski definition) is 8. The Balaban J connectivity index is 0.000000755. The van der Waals surface area contributed by atoms with Crippen molar-refractivity contribution in [3.8, 4) is 23.0 Å². The van der Waals surface area contributed by atoms with Gasteiger partial charge in [-0.05, 0) is 99.9 Å². The van der Waals surface area contributed by atoms with E-state index in [4.69, 9.17) is 30.9 Å². The number of methoxy groups -OCH3 is 1. The maximum Gasteiger partial charge on any atom is 0.303 e. The second kappa shape index (κ2) is 18.3. The molecule has 1 aliphatic carbocycles. The van der Waals surface area contributed by atoms with Crippen molar-refractivity contribution in [2.45, 2.75) is 52.9 Å². The number of carboxylic acids is 1. The average Bonchev–Trinajstić information content (AvgIpc) is 3.94. The van der Waals surface area contributed by atoms with Gasteiger partial charge in [-0.3, -0.25) is 19.4 Å². The minimum Gasteiger partial charge on any atom is -0.493 e. The fourth-order valence-electron chi connectivity index (χ4n) is 5.22. The number of amides is 2. The highest BCUT2D eigenvalue weighted by Crippen LogP contribution is 2.48. The van der Waals surface area contributed by atoms with Gasteiger partial charge in [-0.2, -0.15) is 0 Å². The summed E-state index contributed by atoms with van der Waals surface area (Å²) in [5, 5.41) is 15.1. The lowest BCUT2D eigenvalue weighted by atomic mass is 10.0. The molecule has 1 fully saturated rings. The van der Waals surface area contributed by atoms with Crippen LogP contribution in [0.2, 0.25) is 5.02 Å². The van der Waals surface area contributed by atoms with Crippen molar-refractivity contribution in [1.82, 2.24) is 9.88 Å². The number of unbranched alkanes of at least 4 members (excludes halogenated alkanes) is 1. The molecule has 0 aliphatic heterocycles. The van der Waals surface area contributed by atoms with Crippen LogP contribution in [0.4, 0.5) is 15.8 Å². The number of carboxylic acid groups (broad SMARTS) is 1. The quantitative estimate of drug-likeness (QED) is 0.0772. The Morgan fingerprint density at radius 2 is 1.51 bits per heavy atom. The number of ether oxygens (including phenoxy) is 3. The summed E-state index contributed by atoms with van der Waals surface area (Å²) in [6.07, 6.45) is 3.50. The number of pyridine rings is 1. The largest absolute Gasteiger partial charge is 0.493 e. The van der Waals surface area contributed by atoms with E-state index in [1.165, 1.54) is 57.1 Å². The van der Waals surface area contributed by atoms with Crippen LogP contribution in [0.25, 0.3) is 10.9 Å². The first-order chi connectivity index (χ1) is 24.5. The maximum absolute atomic E-state index is 13.2. The van der Waals surface area contributed by atoms with Crippen molar-refractivity contribution >= 4 is 51.7 Å². The van der Waals surface area contributed by atoms with E-state index in [1.807, 2.05) is 0 Å². The second-order valence-electron chi connectivity index (χ2n) is 11.9. The summed E-state index contributed by atoms with van der Waals surface area (Å²) >= 11 is 6.53. The number of benzene rings is 3. The third-order valence-electron chi connectivity index (χ3n) is 8.50. The fraction of sp³-hybridized carbons (Fsp3) is 0.368. The van der Waals surface area contributed by atoms with Gasteiger partial charge in [0, 0.05) is 35.4 Å². The van der Waals surface area contributed by atoms with Crippen molar-refractivity contribution in [3.05, 3.63) is 77.7 Å². The van der Waals surface area contributed by atoms with Gasteiger partial charge < -0.3 is 34.9 Å². The molecule has 13 heteroatoms. The van der Waals surface area contributed by atoms with E-state index in [2.05, 4.69) is 41.3 Å². The van der Waals surface area contributed by atoms with Crippen LogP contribution in [0.1, 0.15) is 52.9 Å².